The number of carbonyl (C=O) groups excluding carboxylic acids is 1. The van der Waals surface area contributed by atoms with Crippen molar-refractivity contribution in [2.45, 2.75) is 57.2 Å². The van der Waals surface area contributed by atoms with Crippen LogP contribution in [0, 0.1) is 5.92 Å². The van der Waals surface area contributed by atoms with Crippen molar-refractivity contribution in [3.63, 3.8) is 0 Å². The summed E-state index contributed by atoms with van der Waals surface area (Å²) >= 11 is 0. The first-order chi connectivity index (χ1) is 12.3. The molecule has 1 atom stereocenters. The van der Waals surface area contributed by atoms with Crippen molar-refractivity contribution in [3.8, 4) is 0 Å². The molecule has 0 bridgehead atoms. The second-order valence-electron chi connectivity index (χ2n) is 7.74. The fraction of sp³-hybridized carbons (Fsp3) is 0.650. The number of hydrogen-bond donors (Lipinski definition) is 1. The number of likely N-dealkylation sites (tertiary alicyclic amines) is 1. The van der Waals surface area contributed by atoms with Gasteiger partial charge >= 0.3 is 6.18 Å². The maximum Gasteiger partial charge on any atom is 0.416 e. The van der Waals surface area contributed by atoms with Gasteiger partial charge in [0.2, 0.25) is 5.91 Å². The minimum atomic E-state index is -4.35. The lowest BCUT2D eigenvalue weighted by molar-refractivity contribution is -0.137. The summed E-state index contributed by atoms with van der Waals surface area (Å²) in [5.41, 5.74) is -0.0917. The van der Waals surface area contributed by atoms with Crippen LogP contribution in [0.15, 0.2) is 24.3 Å². The topological polar surface area (TPSA) is 32.3 Å². The van der Waals surface area contributed by atoms with E-state index in [9.17, 15) is 18.0 Å². The van der Waals surface area contributed by atoms with Crippen LogP contribution in [-0.2, 0) is 11.0 Å². The summed E-state index contributed by atoms with van der Waals surface area (Å²) in [4.78, 5) is 14.4. The minimum absolute atomic E-state index is 0.0376. The van der Waals surface area contributed by atoms with Crippen LogP contribution in [0.1, 0.15) is 56.1 Å². The zero-order chi connectivity index (χ0) is 18.7. The number of nitrogens with one attached hydrogen (secondary N) is 1. The molecule has 26 heavy (non-hydrogen) atoms. The number of carbonyl (C=O) groups is 1. The SMILES string of the molecule is CC(CC(=O)N1CCC(NCC2CC2)CC1)c1cccc(C(F)(F)F)c1. The Morgan fingerprint density at radius 2 is 1.92 bits per heavy atom. The minimum Gasteiger partial charge on any atom is -0.343 e. The van der Waals surface area contributed by atoms with Gasteiger partial charge in [-0.2, -0.15) is 13.2 Å². The van der Waals surface area contributed by atoms with Gasteiger partial charge in [-0.25, -0.2) is 0 Å². The lowest BCUT2D eigenvalue weighted by atomic mass is 9.94. The molecular formula is C20H27F3N2O. The molecule has 0 aromatic heterocycles. The maximum absolute atomic E-state index is 12.9. The van der Waals surface area contributed by atoms with Gasteiger partial charge in [-0.15, -0.1) is 0 Å². The highest BCUT2D eigenvalue weighted by Gasteiger charge is 2.31. The Morgan fingerprint density at radius 1 is 1.23 bits per heavy atom. The van der Waals surface area contributed by atoms with Gasteiger partial charge in [-0.3, -0.25) is 4.79 Å². The molecule has 0 radical (unpaired) electrons. The Labute approximate surface area is 152 Å². The van der Waals surface area contributed by atoms with E-state index in [1.165, 1.54) is 18.9 Å². The molecule has 1 aliphatic carbocycles. The summed E-state index contributed by atoms with van der Waals surface area (Å²) in [5.74, 6) is 0.661. The highest BCUT2D eigenvalue weighted by molar-refractivity contribution is 5.77. The van der Waals surface area contributed by atoms with Gasteiger partial charge in [0.05, 0.1) is 5.56 Å². The Morgan fingerprint density at radius 3 is 2.54 bits per heavy atom. The molecule has 1 aliphatic heterocycles. The number of alkyl halides is 3. The standard InChI is InChI=1S/C20H27F3N2O/c1-14(16-3-2-4-17(12-16)20(21,22)23)11-19(26)25-9-7-18(8-10-25)24-13-15-5-6-15/h2-4,12,14-15,18,24H,5-11,13H2,1H3. The van der Waals surface area contributed by atoms with E-state index in [0.29, 0.717) is 11.6 Å². The van der Waals surface area contributed by atoms with Crippen molar-refractivity contribution in [3.05, 3.63) is 35.4 Å². The fourth-order valence-corrected chi connectivity index (χ4v) is 3.52. The molecule has 144 valence electrons. The average Bonchev–Trinajstić information content (AvgIpc) is 3.44. The Kier molecular flexibility index (Phi) is 5.90. The first-order valence-electron chi connectivity index (χ1n) is 9.51. The summed E-state index contributed by atoms with van der Waals surface area (Å²) in [5, 5.41) is 3.59. The molecule has 1 saturated heterocycles. The summed E-state index contributed by atoms with van der Waals surface area (Å²) in [6, 6.07) is 5.79. The molecule has 3 nitrogen and oxygen atoms in total. The predicted molar refractivity (Wildman–Crippen MR) is 94.8 cm³/mol. The van der Waals surface area contributed by atoms with Gasteiger partial charge in [0.25, 0.3) is 0 Å². The van der Waals surface area contributed by atoms with Gasteiger partial charge in [0.15, 0.2) is 0 Å². The first kappa shape index (κ1) is 19.2. The first-order valence-corrected chi connectivity index (χ1v) is 9.51. The van der Waals surface area contributed by atoms with Crippen molar-refractivity contribution in [2.75, 3.05) is 19.6 Å². The maximum atomic E-state index is 12.9. The van der Waals surface area contributed by atoms with E-state index >= 15 is 0 Å². The molecule has 1 heterocycles. The molecule has 1 aromatic carbocycles. The van der Waals surface area contributed by atoms with E-state index in [2.05, 4.69) is 5.32 Å². The molecule has 2 aliphatic rings. The number of nitrogens with zero attached hydrogens (tertiary/aromatic N) is 1. The number of rotatable bonds is 6. The second kappa shape index (κ2) is 7.99. The molecule has 1 unspecified atom stereocenters. The highest BCUT2D eigenvalue weighted by Crippen LogP contribution is 2.32. The van der Waals surface area contributed by atoms with Gasteiger partial charge in [0.1, 0.15) is 0 Å². The van der Waals surface area contributed by atoms with E-state index in [1.807, 2.05) is 11.8 Å². The van der Waals surface area contributed by atoms with Gasteiger partial charge in [-0.1, -0.05) is 25.1 Å². The molecule has 1 N–H and O–H groups in total. The number of hydrogen-bond acceptors (Lipinski definition) is 2. The lowest BCUT2D eigenvalue weighted by Crippen LogP contribution is -2.45. The summed E-state index contributed by atoms with van der Waals surface area (Å²) in [6.45, 7) is 4.37. The zero-order valence-corrected chi connectivity index (χ0v) is 15.2. The number of benzene rings is 1. The molecule has 3 rings (SSSR count). The van der Waals surface area contributed by atoms with Gasteiger partial charge < -0.3 is 10.2 Å². The summed E-state index contributed by atoms with van der Waals surface area (Å²) in [6.07, 6.45) is 0.471. The third kappa shape index (κ3) is 5.22. The normalized spacial score (nSPS) is 20.2. The van der Waals surface area contributed by atoms with Crippen LogP contribution in [0.5, 0.6) is 0 Å². The van der Waals surface area contributed by atoms with E-state index < -0.39 is 11.7 Å². The fourth-order valence-electron chi connectivity index (χ4n) is 3.52. The van der Waals surface area contributed by atoms with Crippen LogP contribution in [-0.4, -0.2) is 36.5 Å². The zero-order valence-electron chi connectivity index (χ0n) is 15.2. The van der Waals surface area contributed by atoms with Crippen molar-refractivity contribution in [1.29, 1.82) is 0 Å². The number of halogens is 3. The third-order valence-corrected chi connectivity index (χ3v) is 5.50. The van der Waals surface area contributed by atoms with Crippen LogP contribution in [0.25, 0.3) is 0 Å². The largest absolute Gasteiger partial charge is 0.416 e. The predicted octanol–water partition coefficient (Wildman–Crippen LogP) is 4.19. The van der Waals surface area contributed by atoms with Gasteiger partial charge in [-0.05, 0) is 55.7 Å². The van der Waals surface area contributed by atoms with Crippen molar-refractivity contribution < 1.29 is 18.0 Å². The monoisotopic (exact) mass is 368 g/mol. The van der Waals surface area contributed by atoms with Crippen LogP contribution in [0.2, 0.25) is 0 Å². The van der Waals surface area contributed by atoms with Crippen LogP contribution >= 0.6 is 0 Å². The molecule has 1 saturated carbocycles. The molecule has 1 amide bonds. The summed E-state index contributed by atoms with van der Waals surface area (Å²) in [7, 11) is 0. The quantitative estimate of drug-likeness (QED) is 0.817. The van der Waals surface area contributed by atoms with Crippen LogP contribution < -0.4 is 5.32 Å². The molecule has 6 heteroatoms. The van der Waals surface area contributed by atoms with E-state index in [4.69, 9.17) is 0 Å². The van der Waals surface area contributed by atoms with E-state index in [-0.39, 0.29) is 18.2 Å². The molecule has 2 fully saturated rings. The second-order valence-corrected chi connectivity index (χ2v) is 7.74. The van der Waals surface area contributed by atoms with Crippen LogP contribution in [0.3, 0.4) is 0 Å². The van der Waals surface area contributed by atoms with Gasteiger partial charge in [0, 0.05) is 25.6 Å². The average molecular weight is 368 g/mol. The molecule has 1 aromatic rings. The summed E-state index contributed by atoms with van der Waals surface area (Å²) < 4.78 is 38.6. The lowest BCUT2D eigenvalue weighted by Gasteiger charge is -2.33. The van der Waals surface area contributed by atoms with E-state index in [0.717, 1.165) is 50.5 Å². The van der Waals surface area contributed by atoms with Crippen molar-refractivity contribution in [1.82, 2.24) is 10.2 Å². The van der Waals surface area contributed by atoms with Crippen molar-refractivity contribution >= 4 is 5.91 Å². The molecule has 0 spiro atoms. The Bertz CT molecular complexity index is 620. The highest BCUT2D eigenvalue weighted by atomic mass is 19.4. The Hall–Kier alpha value is -1.56. The van der Waals surface area contributed by atoms with E-state index in [1.54, 1.807) is 6.07 Å². The Balaban J connectivity index is 1.48. The third-order valence-electron chi connectivity index (χ3n) is 5.50. The number of amides is 1. The molecular weight excluding hydrogens is 341 g/mol. The smallest absolute Gasteiger partial charge is 0.343 e. The van der Waals surface area contributed by atoms with Crippen LogP contribution in [0.4, 0.5) is 13.2 Å². The number of piperidine rings is 1. The van der Waals surface area contributed by atoms with Crippen molar-refractivity contribution in [2.24, 2.45) is 5.92 Å².